The summed E-state index contributed by atoms with van der Waals surface area (Å²) in [6.07, 6.45) is 0.653. The van der Waals surface area contributed by atoms with Crippen LogP contribution in [0.5, 0.6) is 11.5 Å². The average molecular weight is 515 g/mol. The van der Waals surface area contributed by atoms with Crippen LogP contribution < -0.4 is 14.8 Å². The number of para-hydroxylation sites is 1. The summed E-state index contributed by atoms with van der Waals surface area (Å²) in [5.41, 5.74) is 0.703. The van der Waals surface area contributed by atoms with E-state index in [0.717, 1.165) is 5.56 Å². The molecule has 0 unspecified atom stereocenters. The largest absolute Gasteiger partial charge is 0.493 e. The first-order chi connectivity index (χ1) is 17.7. The van der Waals surface area contributed by atoms with Crippen LogP contribution in [0, 0.1) is 0 Å². The second-order valence-corrected chi connectivity index (χ2v) is 9.87. The predicted octanol–water partition coefficient (Wildman–Crippen LogP) is 4.39. The van der Waals surface area contributed by atoms with E-state index < -0.39 is 17.7 Å². The van der Waals surface area contributed by atoms with Crippen LogP contribution in [0.15, 0.2) is 48.5 Å². The molecule has 2 aromatic rings. The molecule has 0 bridgehead atoms. The van der Waals surface area contributed by atoms with Crippen molar-refractivity contribution in [1.82, 2.24) is 10.2 Å². The van der Waals surface area contributed by atoms with Crippen molar-refractivity contribution in [3.8, 4) is 11.5 Å². The summed E-state index contributed by atoms with van der Waals surface area (Å²) < 4.78 is 28.0. The Hall–Kier alpha value is -3.30. The van der Waals surface area contributed by atoms with E-state index in [-0.39, 0.29) is 31.1 Å². The topological polar surface area (TPSA) is 95.6 Å². The Labute approximate surface area is 219 Å². The minimum absolute atomic E-state index is 0.0423. The summed E-state index contributed by atoms with van der Waals surface area (Å²) in [5, 5.41) is 3.09. The van der Waals surface area contributed by atoms with Crippen molar-refractivity contribution in [1.29, 1.82) is 0 Å². The lowest BCUT2D eigenvalue weighted by molar-refractivity contribution is 0.00407. The number of ether oxygens (including phenoxy) is 5. The molecule has 0 spiro atoms. The predicted molar refractivity (Wildman–Crippen MR) is 139 cm³/mol. The summed E-state index contributed by atoms with van der Waals surface area (Å²) in [4.78, 5) is 28.1. The molecule has 2 amide bonds. The van der Waals surface area contributed by atoms with Gasteiger partial charge in [0.15, 0.2) is 18.3 Å². The number of likely N-dealkylation sites (tertiary alicyclic amines) is 1. The summed E-state index contributed by atoms with van der Waals surface area (Å²) in [6, 6.07) is 14.5. The Kier molecular flexibility index (Phi) is 10.2. The zero-order chi connectivity index (χ0) is 26.8. The average Bonchev–Trinajstić information content (AvgIpc) is 3.07. The van der Waals surface area contributed by atoms with Crippen molar-refractivity contribution in [2.45, 2.75) is 58.0 Å². The highest BCUT2D eigenvalue weighted by Crippen LogP contribution is 2.31. The van der Waals surface area contributed by atoms with Crippen molar-refractivity contribution in [3.63, 3.8) is 0 Å². The first kappa shape index (κ1) is 28.3. The normalized spacial score (nSPS) is 18.0. The van der Waals surface area contributed by atoms with Gasteiger partial charge >= 0.3 is 6.09 Å². The quantitative estimate of drug-likeness (QED) is 0.496. The summed E-state index contributed by atoms with van der Waals surface area (Å²) in [7, 11) is 3.01. The minimum Gasteiger partial charge on any atom is -0.493 e. The molecule has 0 aromatic heterocycles. The molecule has 1 aliphatic heterocycles. The lowest BCUT2D eigenvalue weighted by Crippen LogP contribution is -2.51. The highest BCUT2D eigenvalue weighted by molar-refractivity contribution is 5.98. The van der Waals surface area contributed by atoms with E-state index in [1.54, 1.807) is 23.1 Å². The number of nitrogens with zero attached hydrogens (tertiary/aromatic N) is 1. The number of nitrogens with one attached hydrogen (secondary N) is 1. The fraction of sp³-hybridized carbons (Fsp3) is 0.500. The van der Waals surface area contributed by atoms with Gasteiger partial charge in [0.05, 0.1) is 31.4 Å². The van der Waals surface area contributed by atoms with Crippen molar-refractivity contribution >= 4 is 12.0 Å². The SMILES string of the molecule is COCOc1c(OC)cccc1C(=O)N[C@@H]1CN(C(=O)OC(C)(C)C)CCC[C@H]1OCc1ccccc1. The molecule has 9 heteroatoms. The molecule has 202 valence electrons. The summed E-state index contributed by atoms with van der Waals surface area (Å²) in [6.45, 7) is 6.60. The Balaban J connectivity index is 1.84. The van der Waals surface area contributed by atoms with Crippen molar-refractivity contribution in [2.75, 3.05) is 34.1 Å². The molecule has 1 heterocycles. The maximum atomic E-state index is 13.5. The van der Waals surface area contributed by atoms with Crippen LogP contribution >= 0.6 is 0 Å². The number of rotatable bonds is 9. The smallest absolute Gasteiger partial charge is 0.410 e. The Morgan fingerprint density at radius 2 is 1.81 bits per heavy atom. The maximum Gasteiger partial charge on any atom is 0.410 e. The molecule has 0 saturated carbocycles. The van der Waals surface area contributed by atoms with Crippen LogP contribution in [0.1, 0.15) is 49.5 Å². The molecule has 0 aliphatic carbocycles. The van der Waals surface area contributed by atoms with E-state index in [1.807, 2.05) is 51.1 Å². The van der Waals surface area contributed by atoms with Gasteiger partial charge in [-0.25, -0.2) is 4.79 Å². The van der Waals surface area contributed by atoms with E-state index in [1.165, 1.54) is 14.2 Å². The van der Waals surface area contributed by atoms with Crippen LogP contribution in [-0.4, -0.2) is 68.7 Å². The van der Waals surface area contributed by atoms with Crippen LogP contribution in [0.2, 0.25) is 0 Å². The van der Waals surface area contributed by atoms with Crippen LogP contribution in [-0.2, 0) is 20.8 Å². The van der Waals surface area contributed by atoms with E-state index in [4.69, 9.17) is 23.7 Å². The third-order valence-electron chi connectivity index (χ3n) is 5.82. The first-order valence-corrected chi connectivity index (χ1v) is 12.4. The molecule has 37 heavy (non-hydrogen) atoms. The highest BCUT2D eigenvalue weighted by Gasteiger charge is 2.34. The van der Waals surface area contributed by atoms with Crippen molar-refractivity contribution in [3.05, 3.63) is 59.7 Å². The van der Waals surface area contributed by atoms with Gasteiger partial charge in [-0.15, -0.1) is 0 Å². The third-order valence-corrected chi connectivity index (χ3v) is 5.82. The molecule has 9 nitrogen and oxygen atoms in total. The lowest BCUT2D eigenvalue weighted by Gasteiger charge is -2.31. The van der Waals surface area contributed by atoms with Gasteiger partial charge in [0.25, 0.3) is 5.91 Å². The molecule has 1 saturated heterocycles. The van der Waals surface area contributed by atoms with Crippen molar-refractivity contribution in [2.24, 2.45) is 0 Å². The fourth-order valence-electron chi connectivity index (χ4n) is 4.11. The van der Waals surface area contributed by atoms with Gasteiger partial charge in [0, 0.05) is 20.2 Å². The standard InChI is InChI=1S/C28H38N2O7/c1-28(2,3)37-27(32)30-16-10-15-23(35-18-20-11-7-6-8-12-20)22(17-30)29-26(31)21-13-9-14-24(34-5)25(21)36-19-33-4/h6-9,11-14,22-23H,10,15-19H2,1-5H3,(H,29,31)/t22-,23-/m1/s1. The number of amides is 2. The van der Waals surface area contributed by atoms with E-state index in [2.05, 4.69) is 5.32 Å². The zero-order valence-corrected chi connectivity index (χ0v) is 22.3. The number of carbonyl (C=O) groups is 2. The van der Waals surface area contributed by atoms with Crippen LogP contribution in [0.25, 0.3) is 0 Å². The molecule has 0 radical (unpaired) electrons. The van der Waals surface area contributed by atoms with E-state index in [0.29, 0.717) is 37.3 Å². The number of benzene rings is 2. The monoisotopic (exact) mass is 514 g/mol. The van der Waals surface area contributed by atoms with Crippen LogP contribution in [0.4, 0.5) is 4.79 Å². The van der Waals surface area contributed by atoms with Gasteiger partial charge in [-0.3, -0.25) is 4.79 Å². The summed E-state index contributed by atoms with van der Waals surface area (Å²) in [5.74, 6) is 0.330. The Morgan fingerprint density at radius 3 is 2.49 bits per heavy atom. The van der Waals surface area contributed by atoms with Gasteiger partial charge in [0.1, 0.15) is 5.60 Å². The molecule has 1 aliphatic rings. The Bertz CT molecular complexity index is 1020. The van der Waals surface area contributed by atoms with E-state index >= 15 is 0 Å². The second kappa shape index (κ2) is 13.3. The van der Waals surface area contributed by atoms with E-state index in [9.17, 15) is 9.59 Å². The molecular weight excluding hydrogens is 476 g/mol. The number of methoxy groups -OCH3 is 2. The molecule has 3 rings (SSSR count). The maximum absolute atomic E-state index is 13.5. The van der Waals surface area contributed by atoms with Gasteiger partial charge in [-0.1, -0.05) is 36.4 Å². The van der Waals surface area contributed by atoms with Gasteiger partial charge in [-0.05, 0) is 51.3 Å². The molecule has 1 N–H and O–H groups in total. The van der Waals surface area contributed by atoms with Crippen LogP contribution in [0.3, 0.4) is 0 Å². The first-order valence-electron chi connectivity index (χ1n) is 12.4. The van der Waals surface area contributed by atoms with Crippen molar-refractivity contribution < 1.29 is 33.3 Å². The molecular formula is C28H38N2O7. The Morgan fingerprint density at radius 1 is 1.05 bits per heavy atom. The number of hydrogen-bond acceptors (Lipinski definition) is 7. The highest BCUT2D eigenvalue weighted by atomic mass is 16.7. The third kappa shape index (κ3) is 8.36. The molecule has 1 fully saturated rings. The van der Waals surface area contributed by atoms with Gasteiger partial charge in [0.2, 0.25) is 0 Å². The molecule has 2 aromatic carbocycles. The summed E-state index contributed by atoms with van der Waals surface area (Å²) >= 11 is 0. The van der Waals surface area contributed by atoms with Gasteiger partial charge < -0.3 is 33.9 Å². The molecule has 2 atom stereocenters. The second-order valence-electron chi connectivity index (χ2n) is 9.87. The number of carbonyl (C=O) groups excluding carboxylic acids is 2. The van der Waals surface area contributed by atoms with Gasteiger partial charge in [-0.2, -0.15) is 0 Å². The minimum atomic E-state index is -0.625. The zero-order valence-electron chi connectivity index (χ0n) is 22.3. The fourth-order valence-corrected chi connectivity index (χ4v) is 4.11. The number of hydrogen-bond donors (Lipinski definition) is 1. The lowest BCUT2D eigenvalue weighted by atomic mass is 10.1.